The second kappa shape index (κ2) is 15.8. The number of rotatable bonds is 10. The Bertz CT molecular complexity index is 879. The first kappa shape index (κ1) is 26.3. The number of carbonyl (C=O) groups is 2. The molecule has 0 amide bonds. The normalized spacial score (nSPS) is 10.0. The zero-order valence-electron chi connectivity index (χ0n) is 19.2. The number of hydrogen-bond donors (Lipinski definition) is 0. The molecule has 0 bridgehead atoms. The van der Waals surface area contributed by atoms with Gasteiger partial charge in [-0.2, -0.15) is 0 Å². The number of carbonyl (C=O) groups excluding carboxylic acids is 2. The molecular formula is C28H33O4P. The lowest BCUT2D eigenvalue weighted by molar-refractivity contribution is 0.0692. The van der Waals surface area contributed by atoms with Gasteiger partial charge in [-0.25, -0.2) is 9.59 Å². The maximum Gasteiger partial charge on any atom is 0.344 e. The highest BCUT2D eigenvalue weighted by Crippen LogP contribution is 2.17. The van der Waals surface area contributed by atoms with Crippen LogP contribution in [0.3, 0.4) is 0 Å². The molecule has 0 aliphatic carbocycles. The fraction of sp³-hybridized carbons (Fsp3) is 0.286. The molecule has 0 aromatic heterocycles. The van der Waals surface area contributed by atoms with E-state index >= 15 is 0 Å². The fourth-order valence-electron chi connectivity index (χ4n) is 3.06. The van der Waals surface area contributed by atoms with Crippen molar-refractivity contribution in [3.63, 3.8) is 0 Å². The topological polar surface area (TPSA) is 52.6 Å². The second-order valence-electron chi connectivity index (χ2n) is 7.51. The Morgan fingerprint density at radius 1 is 0.606 bits per heavy atom. The quantitative estimate of drug-likeness (QED) is 0.136. The van der Waals surface area contributed by atoms with Crippen LogP contribution in [0.5, 0.6) is 11.5 Å². The maximum absolute atomic E-state index is 12.4. The average Bonchev–Trinajstić information content (AvgIpc) is 2.85. The Kier molecular flexibility index (Phi) is 12.6. The first-order valence-corrected chi connectivity index (χ1v) is 12.3. The maximum atomic E-state index is 12.4. The molecule has 0 heterocycles. The Hall–Kier alpha value is -2.97. The number of benzene rings is 3. The van der Waals surface area contributed by atoms with Gasteiger partial charge in [0.15, 0.2) is 0 Å². The lowest BCUT2D eigenvalue weighted by Crippen LogP contribution is -2.17. The summed E-state index contributed by atoms with van der Waals surface area (Å²) in [4.78, 5) is 24.7. The van der Waals surface area contributed by atoms with E-state index in [0.717, 1.165) is 0 Å². The Morgan fingerprint density at radius 3 is 1.42 bits per heavy atom. The average molecular weight is 465 g/mol. The molecule has 1 unspecified atom stereocenters. The molecule has 0 radical (unpaired) electrons. The van der Waals surface area contributed by atoms with Crippen molar-refractivity contribution in [2.24, 2.45) is 0 Å². The molecule has 174 valence electrons. The molecule has 4 nitrogen and oxygen atoms in total. The van der Waals surface area contributed by atoms with Gasteiger partial charge in [0, 0.05) is 0 Å². The summed E-state index contributed by atoms with van der Waals surface area (Å²) in [5.41, 5.74) is 0.310. The van der Waals surface area contributed by atoms with E-state index in [4.69, 9.17) is 9.47 Å². The molecule has 0 aliphatic heterocycles. The van der Waals surface area contributed by atoms with Crippen LogP contribution in [-0.4, -0.2) is 18.1 Å². The zero-order valence-corrected chi connectivity index (χ0v) is 20.4. The molecule has 5 heteroatoms. The van der Waals surface area contributed by atoms with Crippen molar-refractivity contribution in [1.82, 2.24) is 0 Å². The third-order valence-electron chi connectivity index (χ3n) is 4.83. The summed E-state index contributed by atoms with van der Waals surface area (Å²) in [6.45, 7) is 2.26. The minimum atomic E-state index is -0.609. The van der Waals surface area contributed by atoms with Crippen LogP contribution in [0.2, 0.25) is 0 Å². The van der Waals surface area contributed by atoms with Crippen LogP contribution in [0, 0.1) is 0 Å². The number of para-hydroxylation sites is 2. The highest BCUT2D eigenvalue weighted by molar-refractivity contribution is 7.16. The molecular weight excluding hydrogens is 431 g/mol. The fourth-order valence-corrected chi connectivity index (χ4v) is 3.35. The van der Waals surface area contributed by atoms with Crippen LogP contribution in [0.1, 0.15) is 66.2 Å². The van der Waals surface area contributed by atoms with Crippen LogP contribution < -0.4 is 9.47 Å². The number of ether oxygens (including phenoxy) is 2. The molecule has 0 saturated heterocycles. The molecule has 0 fully saturated rings. The summed E-state index contributed by atoms with van der Waals surface area (Å²) in [5.74, 6) is -0.397. The lowest BCUT2D eigenvalue weighted by Gasteiger charge is -2.09. The predicted molar refractivity (Wildman–Crippen MR) is 137 cm³/mol. The molecule has 0 spiro atoms. The van der Waals surface area contributed by atoms with Gasteiger partial charge < -0.3 is 9.47 Å². The van der Waals surface area contributed by atoms with Crippen LogP contribution in [0.15, 0.2) is 84.9 Å². The van der Waals surface area contributed by atoms with Gasteiger partial charge in [-0.1, -0.05) is 87.6 Å². The van der Waals surface area contributed by atoms with Crippen molar-refractivity contribution in [2.45, 2.75) is 45.4 Å². The number of esters is 2. The van der Waals surface area contributed by atoms with E-state index < -0.39 is 11.9 Å². The third kappa shape index (κ3) is 10.0. The van der Waals surface area contributed by atoms with Crippen LogP contribution >= 0.6 is 9.24 Å². The molecule has 3 aromatic carbocycles. The Balaban J connectivity index is 0.000000365. The minimum Gasteiger partial charge on any atom is -0.423 e. The molecule has 1 atom stereocenters. The molecule has 0 N–H and O–H groups in total. The van der Waals surface area contributed by atoms with Crippen molar-refractivity contribution >= 4 is 21.2 Å². The van der Waals surface area contributed by atoms with E-state index in [2.05, 4.69) is 16.2 Å². The second-order valence-corrected chi connectivity index (χ2v) is 8.08. The van der Waals surface area contributed by atoms with Gasteiger partial charge in [-0.05, 0) is 49.0 Å². The summed E-state index contributed by atoms with van der Waals surface area (Å²) in [7, 11) is 2.78. The third-order valence-corrected chi connectivity index (χ3v) is 5.24. The van der Waals surface area contributed by atoms with Gasteiger partial charge in [0.05, 0.1) is 11.1 Å². The SMILES string of the molecule is CCCCCCCCP.O=C(Oc1ccccc1)c1ccccc1C(=O)Oc1ccccc1. The van der Waals surface area contributed by atoms with Gasteiger partial charge >= 0.3 is 11.9 Å². The van der Waals surface area contributed by atoms with E-state index in [9.17, 15) is 9.59 Å². The van der Waals surface area contributed by atoms with Gasteiger partial charge in [-0.15, -0.1) is 9.24 Å². The number of hydrogen-bond acceptors (Lipinski definition) is 4. The largest absolute Gasteiger partial charge is 0.423 e. The standard InChI is InChI=1S/C20H14O4.C8H19P/c21-19(23-15-9-3-1-4-10-15)17-13-7-8-14-18(17)20(22)24-16-11-5-2-6-12-16;1-2-3-4-5-6-7-8-9/h1-14H;2-9H2,1H3. The molecule has 0 saturated carbocycles. The lowest BCUT2D eigenvalue weighted by atomic mass is 10.1. The van der Waals surface area contributed by atoms with Gasteiger partial charge in [-0.3, -0.25) is 0 Å². The first-order chi connectivity index (χ1) is 16.2. The van der Waals surface area contributed by atoms with Crippen molar-refractivity contribution < 1.29 is 19.1 Å². The van der Waals surface area contributed by atoms with E-state index in [1.165, 1.54) is 56.8 Å². The van der Waals surface area contributed by atoms with E-state index in [1.807, 2.05) is 12.1 Å². The highest BCUT2D eigenvalue weighted by Gasteiger charge is 2.20. The Morgan fingerprint density at radius 2 is 1.00 bits per heavy atom. The summed E-state index contributed by atoms with van der Waals surface area (Å²) in [6.07, 6.45) is 9.80. The van der Waals surface area contributed by atoms with Crippen molar-refractivity contribution in [3.05, 3.63) is 96.1 Å². The van der Waals surface area contributed by atoms with Gasteiger partial charge in [0.2, 0.25) is 0 Å². The minimum absolute atomic E-state index is 0.155. The highest BCUT2D eigenvalue weighted by atomic mass is 31.0. The van der Waals surface area contributed by atoms with E-state index in [-0.39, 0.29) is 11.1 Å². The molecule has 3 rings (SSSR count). The monoisotopic (exact) mass is 464 g/mol. The van der Waals surface area contributed by atoms with Gasteiger partial charge in [0.25, 0.3) is 0 Å². The van der Waals surface area contributed by atoms with Crippen molar-refractivity contribution in [3.8, 4) is 11.5 Å². The van der Waals surface area contributed by atoms with Gasteiger partial charge in [0.1, 0.15) is 11.5 Å². The van der Waals surface area contributed by atoms with E-state index in [1.54, 1.807) is 60.7 Å². The van der Waals surface area contributed by atoms with E-state index in [0.29, 0.717) is 11.5 Å². The summed E-state index contributed by atoms with van der Waals surface area (Å²) >= 11 is 0. The zero-order chi connectivity index (χ0) is 23.7. The molecule has 0 aliphatic rings. The summed E-state index contributed by atoms with van der Waals surface area (Å²) in [6, 6.07) is 23.8. The summed E-state index contributed by atoms with van der Waals surface area (Å²) in [5, 5.41) is 0. The number of unbranched alkanes of at least 4 members (excludes halogenated alkanes) is 5. The predicted octanol–water partition coefficient (Wildman–Crippen LogP) is 7.35. The van der Waals surface area contributed by atoms with Crippen LogP contribution in [0.4, 0.5) is 0 Å². The van der Waals surface area contributed by atoms with Crippen molar-refractivity contribution in [1.29, 1.82) is 0 Å². The first-order valence-electron chi connectivity index (χ1n) is 11.5. The summed E-state index contributed by atoms with van der Waals surface area (Å²) < 4.78 is 10.6. The van der Waals surface area contributed by atoms with Crippen LogP contribution in [0.25, 0.3) is 0 Å². The van der Waals surface area contributed by atoms with Crippen molar-refractivity contribution in [2.75, 3.05) is 6.16 Å². The molecule has 33 heavy (non-hydrogen) atoms. The Labute approximate surface area is 199 Å². The molecule has 3 aromatic rings. The van der Waals surface area contributed by atoms with Crippen LogP contribution in [-0.2, 0) is 0 Å². The smallest absolute Gasteiger partial charge is 0.344 e.